The van der Waals surface area contributed by atoms with E-state index in [1.165, 1.54) is 83.6 Å². The van der Waals surface area contributed by atoms with Crippen LogP contribution in [0.4, 0.5) is 0 Å². The van der Waals surface area contributed by atoms with Gasteiger partial charge in [0.2, 0.25) is 0 Å². The predicted molar refractivity (Wildman–Crippen MR) is 102 cm³/mol. The van der Waals surface area contributed by atoms with E-state index >= 15 is 0 Å². The zero-order chi connectivity index (χ0) is 17.9. The quantitative estimate of drug-likeness (QED) is 0.206. The molecule has 4 heteroatoms. The summed E-state index contributed by atoms with van der Waals surface area (Å²) in [6.45, 7) is 4.57. The normalized spacial score (nSPS) is 12.0. The summed E-state index contributed by atoms with van der Waals surface area (Å²) >= 11 is 0. The van der Waals surface area contributed by atoms with Crippen LogP contribution in [0.1, 0.15) is 110 Å². The number of unbranched alkanes of at least 4 members (excludes halogenated alkanes) is 13. The molecule has 0 unspecified atom stereocenters. The summed E-state index contributed by atoms with van der Waals surface area (Å²) in [7, 11) is 0. The second-order valence-corrected chi connectivity index (χ2v) is 7.22. The summed E-state index contributed by atoms with van der Waals surface area (Å²) in [4.78, 5) is 0. The second kappa shape index (κ2) is 17.7. The highest BCUT2D eigenvalue weighted by Gasteiger charge is 2.16. The molecule has 0 aliphatic rings. The number of rotatable bonds is 19. The Kier molecular flexibility index (Phi) is 17.5. The first-order chi connectivity index (χ1) is 11.6. The van der Waals surface area contributed by atoms with Crippen LogP contribution in [0.2, 0.25) is 0 Å². The van der Waals surface area contributed by atoms with Crippen LogP contribution in [0.3, 0.4) is 0 Å². The van der Waals surface area contributed by atoms with Crippen molar-refractivity contribution in [2.45, 2.75) is 116 Å². The van der Waals surface area contributed by atoms with Gasteiger partial charge in [-0.15, -0.1) is 0 Å². The molecule has 0 fully saturated rings. The molecule has 4 nitrogen and oxygen atoms in total. The number of aliphatic hydroxyl groups is 3. The van der Waals surface area contributed by atoms with Crippen LogP contribution in [0, 0.1) is 0 Å². The van der Waals surface area contributed by atoms with E-state index in [1.807, 2.05) is 0 Å². The van der Waals surface area contributed by atoms with Crippen molar-refractivity contribution in [2.24, 2.45) is 0 Å². The molecule has 0 aromatic rings. The topological polar surface area (TPSA) is 72.7 Å². The maximum Gasteiger partial charge on any atom is 0.275 e. The van der Waals surface area contributed by atoms with E-state index in [1.54, 1.807) is 0 Å². The average molecular weight is 346 g/mol. The van der Waals surface area contributed by atoms with Crippen molar-refractivity contribution < 1.29 is 15.3 Å². The third-order valence-electron chi connectivity index (χ3n) is 4.57. The van der Waals surface area contributed by atoms with Gasteiger partial charge in [-0.05, 0) is 32.4 Å². The van der Waals surface area contributed by atoms with Crippen LogP contribution in [0.15, 0.2) is 0 Å². The van der Waals surface area contributed by atoms with Gasteiger partial charge >= 0.3 is 0 Å². The molecule has 146 valence electrons. The predicted octanol–water partition coefficient (Wildman–Crippen LogP) is 4.47. The molecule has 0 rings (SSSR count). The van der Waals surface area contributed by atoms with E-state index in [2.05, 4.69) is 12.2 Å². The summed E-state index contributed by atoms with van der Waals surface area (Å²) in [5.41, 5.74) is 0. The standard InChI is InChI=1S/C20H43NO3/c1-2-3-4-5-6-9-12-15-18-21-19-16-13-10-7-8-11-14-17-20(22,23)24/h21-24H,2-19H2,1H3. The summed E-state index contributed by atoms with van der Waals surface area (Å²) in [5, 5.41) is 29.8. The fourth-order valence-corrected chi connectivity index (χ4v) is 3.00. The fourth-order valence-electron chi connectivity index (χ4n) is 3.00. The molecule has 0 aliphatic heterocycles. The van der Waals surface area contributed by atoms with Gasteiger partial charge in [-0.2, -0.15) is 0 Å². The van der Waals surface area contributed by atoms with Crippen molar-refractivity contribution in [1.29, 1.82) is 0 Å². The van der Waals surface area contributed by atoms with Crippen LogP contribution in [0.25, 0.3) is 0 Å². The van der Waals surface area contributed by atoms with Gasteiger partial charge in [0.15, 0.2) is 0 Å². The molecule has 24 heavy (non-hydrogen) atoms. The van der Waals surface area contributed by atoms with Gasteiger partial charge in [-0.3, -0.25) is 0 Å². The van der Waals surface area contributed by atoms with Gasteiger partial charge in [-0.25, -0.2) is 0 Å². The first-order valence-corrected chi connectivity index (χ1v) is 10.4. The van der Waals surface area contributed by atoms with Gasteiger partial charge < -0.3 is 20.6 Å². The molecule has 0 aromatic carbocycles. The van der Waals surface area contributed by atoms with Crippen molar-refractivity contribution in [3.63, 3.8) is 0 Å². The van der Waals surface area contributed by atoms with E-state index in [4.69, 9.17) is 15.3 Å². The highest BCUT2D eigenvalue weighted by molar-refractivity contribution is 4.53. The van der Waals surface area contributed by atoms with E-state index < -0.39 is 5.97 Å². The van der Waals surface area contributed by atoms with E-state index in [9.17, 15) is 0 Å². The van der Waals surface area contributed by atoms with Gasteiger partial charge in [0.25, 0.3) is 5.97 Å². The molecule has 4 N–H and O–H groups in total. The number of hydrogen-bond donors (Lipinski definition) is 4. The van der Waals surface area contributed by atoms with Crippen LogP contribution in [-0.2, 0) is 0 Å². The third kappa shape index (κ3) is 21.8. The second-order valence-electron chi connectivity index (χ2n) is 7.22. The minimum absolute atomic E-state index is 0.0513. The fraction of sp³-hybridized carbons (Fsp3) is 1.00. The Bertz CT molecular complexity index is 242. The van der Waals surface area contributed by atoms with Crippen molar-refractivity contribution in [3.8, 4) is 0 Å². The summed E-state index contributed by atoms with van der Waals surface area (Å²) < 4.78 is 0. The smallest absolute Gasteiger partial charge is 0.275 e. The molecule has 0 radical (unpaired) electrons. The summed E-state index contributed by atoms with van der Waals surface area (Å²) in [6, 6.07) is 0. The largest absolute Gasteiger partial charge is 0.344 e. The maximum atomic E-state index is 8.76. The molecule has 0 heterocycles. The Morgan fingerprint density at radius 2 is 0.917 bits per heavy atom. The van der Waals surface area contributed by atoms with Crippen LogP contribution in [0.5, 0.6) is 0 Å². The Hall–Kier alpha value is -0.160. The molecule has 0 spiro atoms. The van der Waals surface area contributed by atoms with Crippen molar-refractivity contribution in [1.82, 2.24) is 5.32 Å². The Balaban J connectivity index is 3.00. The molecule has 0 amide bonds. The van der Waals surface area contributed by atoms with Gasteiger partial charge in [0.05, 0.1) is 0 Å². The van der Waals surface area contributed by atoms with Crippen molar-refractivity contribution in [2.75, 3.05) is 13.1 Å². The Morgan fingerprint density at radius 1 is 0.542 bits per heavy atom. The average Bonchev–Trinajstić information content (AvgIpc) is 2.52. The zero-order valence-electron chi connectivity index (χ0n) is 16.1. The minimum Gasteiger partial charge on any atom is -0.344 e. The highest BCUT2D eigenvalue weighted by Crippen LogP contribution is 2.12. The third-order valence-corrected chi connectivity index (χ3v) is 4.57. The van der Waals surface area contributed by atoms with Crippen LogP contribution >= 0.6 is 0 Å². The lowest BCUT2D eigenvalue weighted by atomic mass is 10.1. The van der Waals surface area contributed by atoms with Gasteiger partial charge in [-0.1, -0.05) is 84.0 Å². The molecule has 0 atom stereocenters. The van der Waals surface area contributed by atoms with E-state index in [-0.39, 0.29) is 6.42 Å². The SMILES string of the molecule is CCCCCCCCCCNCCCCCCCCCC(O)(O)O. The lowest BCUT2D eigenvalue weighted by molar-refractivity contribution is -0.315. The Labute approximate surface area is 150 Å². The first-order valence-electron chi connectivity index (χ1n) is 10.4. The maximum absolute atomic E-state index is 8.76. The van der Waals surface area contributed by atoms with Crippen LogP contribution < -0.4 is 5.32 Å². The van der Waals surface area contributed by atoms with Crippen molar-refractivity contribution >= 4 is 0 Å². The molecular weight excluding hydrogens is 302 g/mol. The molecule has 0 saturated heterocycles. The molecule has 0 aliphatic carbocycles. The number of hydrogen-bond acceptors (Lipinski definition) is 4. The van der Waals surface area contributed by atoms with E-state index in [0.29, 0.717) is 6.42 Å². The monoisotopic (exact) mass is 345 g/mol. The summed E-state index contributed by atoms with van der Waals surface area (Å²) in [6.07, 6.45) is 18.8. The van der Waals surface area contributed by atoms with Crippen LogP contribution in [-0.4, -0.2) is 34.4 Å². The summed E-state index contributed by atoms with van der Waals surface area (Å²) in [5.74, 6) is -2.47. The van der Waals surface area contributed by atoms with Gasteiger partial charge in [0, 0.05) is 6.42 Å². The highest BCUT2D eigenvalue weighted by atomic mass is 16.7. The number of nitrogens with one attached hydrogen (secondary N) is 1. The molecule has 0 bridgehead atoms. The molecule has 0 saturated carbocycles. The Morgan fingerprint density at radius 3 is 1.33 bits per heavy atom. The zero-order valence-corrected chi connectivity index (χ0v) is 16.1. The molecule has 0 aromatic heterocycles. The minimum atomic E-state index is -2.47. The molecular formula is C20H43NO3. The lowest BCUT2D eigenvalue weighted by Gasteiger charge is -2.12. The van der Waals surface area contributed by atoms with Gasteiger partial charge in [0.1, 0.15) is 0 Å². The first kappa shape index (κ1) is 23.8. The van der Waals surface area contributed by atoms with E-state index in [0.717, 1.165) is 19.4 Å². The van der Waals surface area contributed by atoms with Crippen molar-refractivity contribution in [3.05, 3.63) is 0 Å². The lowest BCUT2D eigenvalue weighted by Crippen LogP contribution is -2.26.